The van der Waals surface area contributed by atoms with E-state index in [9.17, 15) is 24.2 Å². The van der Waals surface area contributed by atoms with Gasteiger partial charge in [0.05, 0.1) is 18.8 Å². The van der Waals surface area contributed by atoms with Crippen LogP contribution in [0, 0.1) is 5.82 Å². The first-order valence-corrected chi connectivity index (χ1v) is 9.57. The molecule has 162 valence electrons. The third-order valence-corrected chi connectivity index (χ3v) is 4.79. The van der Waals surface area contributed by atoms with Gasteiger partial charge in [-0.05, 0) is 29.8 Å². The van der Waals surface area contributed by atoms with Crippen molar-refractivity contribution in [2.45, 2.75) is 12.5 Å². The van der Waals surface area contributed by atoms with E-state index in [4.69, 9.17) is 0 Å². The fourth-order valence-corrected chi connectivity index (χ4v) is 3.23. The second-order valence-electron chi connectivity index (χ2n) is 6.94. The number of hydrogen-bond acceptors (Lipinski definition) is 5. The first-order chi connectivity index (χ1) is 15.4. The number of amides is 1. The molecule has 0 aliphatic heterocycles. The summed E-state index contributed by atoms with van der Waals surface area (Å²) in [4.78, 5) is 28.1. The predicted molar refractivity (Wildman–Crippen MR) is 111 cm³/mol. The Balaban J connectivity index is 1.57. The summed E-state index contributed by atoms with van der Waals surface area (Å²) < 4.78 is 16.7. The maximum atomic E-state index is 14.0. The average Bonchev–Trinajstić information content (AvgIpc) is 3.44. The number of hydrogen-bond donors (Lipinski definition) is 3. The van der Waals surface area contributed by atoms with Crippen LogP contribution >= 0.6 is 0 Å². The lowest BCUT2D eigenvalue weighted by atomic mass is 10.0. The van der Waals surface area contributed by atoms with Gasteiger partial charge in [-0.2, -0.15) is 9.78 Å². The van der Waals surface area contributed by atoms with E-state index in [0.717, 1.165) is 16.4 Å². The number of rotatable bonds is 7. The zero-order valence-electron chi connectivity index (χ0n) is 16.6. The number of carbonyl (C=O) groups excluding carboxylic acids is 1. The smallest absolute Gasteiger partial charge is 0.305 e. The van der Waals surface area contributed by atoms with E-state index in [2.05, 4.69) is 15.4 Å². The molecule has 32 heavy (non-hydrogen) atoms. The third-order valence-electron chi connectivity index (χ3n) is 4.79. The zero-order chi connectivity index (χ0) is 22.7. The molecule has 1 unspecified atom stereocenters. The number of aromatic nitrogens is 4. The monoisotopic (exact) mass is 435 g/mol. The minimum atomic E-state index is -1.10. The highest BCUT2D eigenvalue weighted by molar-refractivity contribution is 5.93. The lowest BCUT2D eigenvalue weighted by molar-refractivity contribution is -0.137. The minimum Gasteiger partial charge on any atom is -0.493 e. The quantitative estimate of drug-likeness (QED) is 0.410. The van der Waals surface area contributed by atoms with Crippen molar-refractivity contribution < 1.29 is 24.2 Å². The molecule has 0 bridgehead atoms. The van der Waals surface area contributed by atoms with Gasteiger partial charge in [0.1, 0.15) is 11.5 Å². The van der Waals surface area contributed by atoms with Crippen molar-refractivity contribution in [3.05, 3.63) is 90.4 Å². The molecule has 0 spiro atoms. The molecule has 1 atom stereocenters. The topological polar surface area (TPSA) is 122 Å². The van der Waals surface area contributed by atoms with Crippen molar-refractivity contribution in [2.75, 3.05) is 0 Å². The molecule has 2 heterocycles. The van der Waals surface area contributed by atoms with Gasteiger partial charge in [0.2, 0.25) is 5.88 Å². The SMILES string of the molecule is O=C(O)CC(NC(=O)c1cc(O)n(-c2ccccc2F)n1)c1ccc(-n2ccnc2)cc1. The molecular formula is C22H18FN5O4. The van der Waals surface area contributed by atoms with Crippen LogP contribution in [0.4, 0.5) is 4.39 Å². The van der Waals surface area contributed by atoms with Gasteiger partial charge in [-0.3, -0.25) is 9.59 Å². The highest BCUT2D eigenvalue weighted by atomic mass is 19.1. The van der Waals surface area contributed by atoms with Gasteiger partial charge in [-0.15, -0.1) is 0 Å². The van der Waals surface area contributed by atoms with Gasteiger partial charge in [-0.25, -0.2) is 9.37 Å². The number of nitrogens with zero attached hydrogens (tertiary/aromatic N) is 4. The van der Waals surface area contributed by atoms with Gasteiger partial charge in [-0.1, -0.05) is 24.3 Å². The van der Waals surface area contributed by atoms with Crippen LogP contribution in [0.3, 0.4) is 0 Å². The van der Waals surface area contributed by atoms with Crippen molar-refractivity contribution in [2.24, 2.45) is 0 Å². The van der Waals surface area contributed by atoms with Crippen LogP contribution in [0.25, 0.3) is 11.4 Å². The summed E-state index contributed by atoms with van der Waals surface area (Å²) in [7, 11) is 0. The Kier molecular flexibility index (Phi) is 5.67. The summed E-state index contributed by atoms with van der Waals surface area (Å²) >= 11 is 0. The molecule has 0 aliphatic rings. The molecule has 4 aromatic rings. The van der Waals surface area contributed by atoms with Crippen molar-refractivity contribution in [1.82, 2.24) is 24.6 Å². The minimum absolute atomic E-state index is 0.0266. The van der Waals surface area contributed by atoms with Gasteiger partial charge in [0.25, 0.3) is 5.91 Å². The predicted octanol–water partition coefficient (Wildman–Crippen LogP) is 2.85. The lowest BCUT2D eigenvalue weighted by Crippen LogP contribution is -2.30. The molecule has 10 heteroatoms. The number of imidazole rings is 1. The molecule has 0 aliphatic carbocycles. The summed E-state index contributed by atoms with van der Waals surface area (Å²) in [6, 6.07) is 12.9. The Bertz CT molecular complexity index is 1250. The number of halogens is 1. The van der Waals surface area contributed by atoms with E-state index < -0.39 is 29.6 Å². The number of aliphatic carboxylic acids is 1. The van der Waals surface area contributed by atoms with Gasteiger partial charge >= 0.3 is 5.97 Å². The average molecular weight is 435 g/mol. The number of nitrogens with one attached hydrogen (secondary N) is 1. The zero-order valence-corrected chi connectivity index (χ0v) is 16.6. The molecule has 3 N–H and O–H groups in total. The van der Waals surface area contributed by atoms with E-state index >= 15 is 0 Å². The lowest BCUT2D eigenvalue weighted by Gasteiger charge is -2.17. The Hall–Kier alpha value is -4.47. The summed E-state index contributed by atoms with van der Waals surface area (Å²) in [6.45, 7) is 0. The van der Waals surface area contributed by atoms with Crippen LogP contribution < -0.4 is 5.32 Å². The number of carbonyl (C=O) groups is 2. The Morgan fingerprint density at radius 3 is 2.53 bits per heavy atom. The summed E-state index contributed by atoms with van der Waals surface area (Å²) in [5, 5.41) is 26.0. The fraction of sp³-hybridized carbons (Fsp3) is 0.0909. The van der Waals surface area contributed by atoms with E-state index in [1.165, 1.54) is 18.2 Å². The number of para-hydroxylation sites is 1. The van der Waals surface area contributed by atoms with Crippen molar-refractivity contribution >= 4 is 11.9 Å². The van der Waals surface area contributed by atoms with E-state index in [1.807, 2.05) is 0 Å². The van der Waals surface area contributed by atoms with Gasteiger partial charge < -0.3 is 20.1 Å². The molecule has 0 saturated carbocycles. The maximum Gasteiger partial charge on any atom is 0.305 e. The number of carboxylic acids is 1. The first-order valence-electron chi connectivity index (χ1n) is 9.57. The Labute approximate surface area is 181 Å². The molecule has 9 nitrogen and oxygen atoms in total. The fourth-order valence-electron chi connectivity index (χ4n) is 3.23. The maximum absolute atomic E-state index is 14.0. The number of carboxylic acid groups (broad SMARTS) is 1. The summed E-state index contributed by atoms with van der Waals surface area (Å²) in [6.07, 6.45) is 4.67. The van der Waals surface area contributed by atoms with Gasteiger partial charge in [0, 0.05) is 24.1 Å². The first kappa shape index (κ1) is 20.8. The van der Waals surface area contributed by atoms with Crippen LogP contribution in [0.5, 0.6) is 5.88 Å². The van der Waals surface area contributed by atoms with Crippen molar-refractivity contribution in [1.29, 1.82) is 0 Å². The molecule has 0 radical (unpaired) electrons. The molecule has 2 aromatic carbocycles. The van der Waals surface area contributed by atoms with Crippen LogP contribution in [0.1, 0.15) is 28.5 Å². The standard InChI is InChI=1S/C22H18FN5O4/c23-16-3-1-2-4-19(16)28-20(29)11-18(26-28)22(32)25-17(12-21(30)31)14-5-7-15(8-6-14)27-10-9-24-13-27/h1-11,13,17,29H,12H2,(H,25,32)(H,30,31). The Morgan fingerprint density at radius 2 is 1.88 bits per heavy atom. The molecule has 4 rings (SSSR count). The highest BCUT2D eigenvalue weighted by Crippen LogP contribution is 2.23. The molecule has 0 fully saturated rings. The molecular weight excluding hydrogens is 417 g/mol. The molecule has 1 amide bonds. The van der Waals surface area contributed by atoms with Crippen LogP contribution in [-0.2, 0) is 4.79 Å². The van der Waals surface area contributed by atoms with Crippen molar-refractivity contribution in [3.8, 4) is 17.3 Å². The van der Waals surface area contributed by atoms with Crippen molar-refractivity contribution in [3.63, 3.8) is 0 Å². The van der Waals surface area contributed by atoms with Crippen LogP contribution in [0.2, 0.25) is 0 Å². The van der Waals surface area contributed by atoms with Gasteiger partial charge in [0.15, 0.2) is 5.69 Å². The Morgan fingerprint density at radius 1 is 1.12 bits per heavy atom. The normalized spacial score (nSPS) is 11.8. The van der Waals surface area contributed by atoms with Crippen LogP contribution in [0.15, 0.2) is 73.3 Å². The number of benzene rings is 2. The molecule has 2 aromatic heterocycles. The highest BCUT2D eigenvalue weighted by Gasteiger charge is 2.22. The number of aromatic hydroxyl groups is 1. The second kappa shape index (κ2) is 8.72. The van der Waals surface area contributed by atoms with E-state index in [1.54, 1.807) is 53.6 Å². The summed E-state index contributed by atoms with van der Waals surface area (Å²) in [5.41, 5.74) is 1.18. The largest absolute Gasteiger partial charge is 0.493 e. The second-order valence-corrected chi connectivity index (χ2v) is 6.94. The third kappa shape index (κ3) is 4.33. The molecule has 0 saturated heterocycles. The van der Waals surface area contributed by atoms with Crippen LogP contribution in [-0.4, -0.2) is 41.4 Å². The summed E-state index contributed by atoms with van der Waals surface area (Å²) in [5.74, 6) is -2.87. The van der Waals surface area contributed by atoms with E-state index in [0.29, 0.717) is 5.56 Å². The van der Waals surface area contributed by atoms with E-state index in [-0.39, 0.29) is 17.8 Å².